The average Bonchev–Trinajstić information content (AvgIpc) is 2.85. The summed E-state index contributed by atoms with van der Waals surface area (Å²) in [7, 11) is 2.17. The first-order chi connectivity index (χ1) is 17.2. The molecule has 1 aromatic carbocycles. The van der Waals surface area contributed by atoms with Crippen molar-refractivity contribution in [2.75, 3.05) is 61.4 Å². The minimum absolute atomic E-state index is 0.0675. The second kappa shape index (κ2) is 9.78. The Morgan fingerprint density at radius 2 is 1.83 bits per heavy atom. The molecule has 0 unspecified atom stereocenters. The van der Waals surface area contributed by atoms with Gasteiger partial charge >= 0.3 is 0 Å². The Hall–Kier alpha value is -3.04. The van der Waals surface area contributed by atoms with E-state index in [9.17, 15) is 9.50 Å². The van der Waals surface area contributed by atoms with Crippen LogP contribution in [0.5, 0.6) is 0 Å². The summed E-state index contributed by atoms with van der Waals surface area (Å²) in [6.07, 6.45) is 2.56. The van der Waals surface area contributed by atoms with Crippen molar-refractivity contribution in [3.05, 3.63) is 42.2 Å². The lowest BCUT2D eigenvalue weighted by molar-refractivity contribution is -0.0332. The van der Waals surface area contributed by atoms with Crippen LogP contribution in [0.15, 0.2) is 36.7 Å². The highest BCUT2D eigenvalue weighted by Crippen LogP contribution is 2.33. The van der Waals surface area contributed by atoms with Crippen molar-refractivity contribution in [3.63, 3.8) is 0 Å². The minimum Gasteiger partial charge on any atom is -0.387 e. The van der Waals surface area contributed by atoms with Gasteiger partial charge in [-0.25, -0.2) is 14.4 Å². The number of hydrogen-bond donors (Lipinski definition) is 2. The Kier molecular flexibility index (Phi) is 6.70. The zero-order chi connectivity index (χ0) is 25.4. The number of hydrogen-bond acceptors (Lipinski definition) is 8. The molecule has 3 aromatic rings. The zero-order valence-electron chi connectivity index (χ0n) is 21.6. The van der Waals surface area contributed by atoms with Crippen LogP contribution in [0.2, 0.25) is 0 Å². The molecule has 2 atom stereocenters. The quantitative estimate of drug-likeness (QED) is 0.553. The molecule has 192 valence electrons. The topological polar surface area (TPSA) is 80.7 Å². The third-order valence-electron chi connectivity index (χ3n) is 7.47. The smallest absolute Gasteiger partial charge is 0.227 e. The van der Waals surface area contributed by atoms with E-state index in [0.29, 0.717) is 36.5 Å². The Morgan fingerprint density at radius 1 is 1.06 bits per heavy atom. The van der Waals surface area contributed by atoms with Gasteiger partial charge in [-0.3, -0.25) is 0 Å². The van der Waals surface area contributed by atoms with Gasteiger partial charge in [0.05, 0.1) is 12.1 Å². The van der Waals surface area contributed by atoms with E-state index in [0.717, 1.165) is 31.6 Å². The number of anilines is 4. The molecule has 0 saturated carbocycles. The fourth-order valence-corrected chi connectivity index (χ4v) is 4.94. The molecule has 0 bridgehead atoms. The highest BCUT2D eigenvalue weighted by Gasteiger charge is 2.38. The van der Waals surface area contributed by atoms with Crippen LogP contribution in [0.4, 0.5) is 27.7 Å². The van der Waals surface area contributed by atoms with Gasteiger partial charge in [-0.1, -0.05) is 13.8 Å². The van der Waals surface area contributed by atoms with Crippen LogP contribution in [0.3, 0.4) is 0 Å². The Labute approximate surface area is 212 Å². The van der Waals surface area contributed by atoms with Crippen LogP contribution in [0.25, 0.3) is 10.8 Å². The summed E-state index contributed by atoms with van der Waals surface area (Å²) in [6.45, 7) is 10.7. The number of aliphatic hydroxyl groups is 1. The lowest BCUT2D eigenvalue weighted by Crippen LogP contribution is -2.52. The normalized spacial score (nSPS) is 23.5. The molecule has 0 aliphatic carbocycles. The van der Waals surface area contributed by atoms with Gasteiger partial charge in [0.1, 0.15) is 17.8 Å². The molecule has 36 heavy (non-hydrogen) atoms. The van der Waals surface area contributed by atoms with Crippen LogP contribution in [0.1, 0.15) is 38.7 Å². The molecule has 2 fully saturated rings. The van der Waals surface area contributed by atoms with E-state index in [2.05, 4.69) is 69.2 Å². The molecule has 2 saturated heterocycles. The van der Waals surface area contributed by atoms with Crippen LogP contribution in [0, 0.1) is 0 Å². The highest BCUT2D eigenvalue weighted by atomic mass is 19.1. The van der Waals surface area contributed by atoms with Crippen LogP contribution < -0.4 is 15.1 Å². The van der Waals surface area contributed by atoms with E-state index >= 15 is 0 Å². The lowest BCUT2D eigenvalue weighted by Gasteiger charge is -2.38. The number of halogens is 1. The predicted molar refractivity (Wildman–Crippen MR) is 143 cm³/mol. The fourth-order valence-electron chi connectivity index (χ4n) is 4.94. The number of piperazine rings is 1. The number of rotatable bonds is 5. The van der Waals surface area contributed by atoms with Gasteiger partial charge in [0.15, 0.2) is 0 Å². The summed E-state index contributed by atoms with van der Waals surface area (Å²) in [6, 6.07) is 8.42. The molecule has 0 spiro atoms. The average molecular weight is 494 g/mol. The standard InChI is InChI=1S/C27H36FN7O/c1-18(2)21-14-20(34-11-9-33(4)10-12-34)13-19-16-30-25(15-22(19)21)31-24-5-7-29-26(32-24)35-8-6-27(3,36)23(28)17-35/h5,7,13-16,18,23,36H,6,8-12,17H2,1-4H3,(H,29,30,31,32)/t23-,27+/m0/s1. The number of nitrogens with zero attached hydrogens (tertiary/aromatic N) is 6. The lowest BCUT2D eigenvalue weighted by atomic mass is 9.92. The monoisotopic (exact) mass is 493 g/mol. The molecule has 8 nitrogen and oxygen atoms in total. The molecule has 0 radical (unpaired) electrons. The summed E-state index contributed by atoms with van der Waals surface area (Å²) in [5, 5.41) is 15.7. The third-order valence-corrected chi connectivity index (χ3v) is 7.47. The first-order valence-electron chi connectivity index (χ1n) is 12.8. The molecule has 2 aliphatic rings. The molecular weight excluding hydrogens is 457 g/mol. The first-order valence-corrected chi connectivity index (χ1v) is 12.8. The zero-order valence-corrected chi connectivity index (χ0v) is 21.6. The van der Waals surface area contributed by atoms with Crippen LogP contribution >= 0.6 is 0 Å². The van der Waals surface area contributed by atoms with E-state index in [1.165, 1.54) is 16.6 Å². The Morgan fingerprint density at radius 3 is 2.56 bits per heavy atom. The van der Waals surface area contributed by atoms with E-state index in [1.807, 2.05) is 6.20 Å². The number of likely N-dealkylation sites (N-methyl/N-ethyl adjacent to an activating group) is 1. The Bertz CT molecular complexity index is 1230. The molecule has 2 N–H and O–H groups in total. The fraction of sp³-hybridized carbons (Fsp3) is 0.519. The van der Waals surface area contributed by atoms with Crippen molar-refractivity contribution in [3.8, 4) is 0 Å². The molecule has 4 heterocycles. The number of pyridine rings is 1. The number of nitrogens with one attached hydrogen (secondary N) is 1. The van der Waals surface area contributed by atoms with E-state index in [4.69, 9.17) is 0 Å². The van der Waals surface area contributed by atoms with Gasteiger partial charge in [0.2, 0.25) is 5.95 Å². The summed E-state index contributed by atoms with van der Waals surface area (Å²) in [5.74, 6) is 2.11. The van der Waals surface area contributed by atoms with Crippen molar-refractivity contribution in [1.82, 2.24) is 19.9 Å². The number of fused-ring (bicyclic) bond motifs is 1. The molecule has 5 rings (SSSR count). The van der Waals surface area contributed by atoms with Gasteiger partial charge in [-0.15, -0.1) is 0 Å². The summed E-state index contributed by atoms with van der Waals surface area (Å²) in [5.41, 5.74) is 1.25. The Balaban J connectivity index is 1.39. The maximum absolute atomic E-state index is 14.4. The largest absolute Gasteiger partial charge is 0.387 e. The summed E-state index contributed by atoms with van der Waals surface area (Å²) in [4.78, 5) is 20.2. The van der Waals surface area contributed by atoms with Gasteiger partial charge in [-0.05, 0) is 61.5 Å². The maximum Gasteiger partial charge on any atom is 0.227 e. The summed E-state index contributed by atoms with van der Waals surface area (Å²) < 4.78 is 14.4. The number of piperidine rings is 1. The predicted octanol–water partition coefficient (Wildman–Crippen LogP) is 3.94. The maximum atomic E-state index is 14.4. The van der Waals surface area contributed by atoms with E-state index in [-0.39, 0.29) is 6.54 Å². The first kappa shape index (κ1) is 24.6. The summed E-state index contributed by atoms with van der Waals surface area (Å²) >= 11 is 0. The van der Waals surface area contributed by atoms with Gasteiger partial charge < -0.3 is 25.1 Å². The number of benzene rings is 1. The van der Waals surface area contributed by atoms with Gasteiger partial charge in [0, 0.05) is 56.2 Å². The van der Waals surface area contributed by atoms with Crippen molar-refractivity contribution in [1.29, 1.82) is 0 Å². The SMILES string of the molecule is CC(C)c1cc(N2CCN(C)CC2)cc2cnc(Nc3ccnc(N4CC[C@@](C)(O)[C@@H](F)C4)n3)cc12. The van der Waals surface area contributed by atoms with Crippen molar-refractivity contribution < 1.29 is 9.50 Å². The second-order valence-electron chi connectivity index (χ2n) is 10.7. The molecule has 9 heteroatoms. The van der Waals surface area contributed by atoms with Crippen LogP contribution in [-0.2, 0) is 0 Å². The number of aromatic nitrogens is 3. The van der Waals surface area contributed by atoms with Gasteiger partial charge in [-0.2, -0.15) is 4.98 Å². The van der Waals surface area contributed by atoms with Crippen molar-refractivity contribution in [2.24, 2.45) is 0 Å². The molecule has 2 aromatic heterocycles. The molecule has 0 amide bonds. The van der Waals surface area contributed by atoms with Crippen molar-refractivity contribution in [2.45, 2.75) is 44.9 Å². The molecule has 2 aliphatic heterocycles. The minimum atomic E-state index is -1.35. The second-order valence-corrected chi connectivity index (χ2v) is 10.7. The molecular formula is C27H36FN7O. The highest BCUT2D eigenvalue weighted by molar-refractivity contribution is 5.91. The third kappa shape index (κ3) is 5.08. The van der Waals surface area contributed by atoms with E-state index in [1.54, 1.807) is 24.1 Å². The van der Waals surface area contributed by atoms with Crippen LogP contribution in [-0.4, -0.2) is 83.0 Å². The van der Waals surface area contributed by atoms with E-state index < -0.39 is 11.8 Å². The van der Waals surface area contributed by atoms with Gasteiger partial charge in [0.25, 0.3) is 0 Å². The van der Waals surface area contributed by atoms with Crippen molar-refractivity contribution >= 4 is 34.0 Å². The number of alkyl halides is 1.